The van der Waals surface area contributed by atoms with Crippen LogP contribution in [-0.2, 0) is 0 Å². The minimum Gasteiger partial charge on any atom is -0.312 e. The van der Waals surface area contributed by atoms with Crippen LogP contribution in [0.2, 0.25) is 0 Å². The lowest BCUT2D eigenvalue weighted by molar-refractivity contribution is 0.402. The van der Waals surface area contributed by atoms with Crippen molar-refractivity contribution in [3.05, 3.63) is 0 Å². The summed E-state index contributed by atoms with van der Waals surface area (Å²) in [7, 11) is 0. The Balaban J connectivity index is 0. The lowest BCUT2D eigenvalue weighted by Gasteiger charge is -2.20. The molecule has 0 heterocycles. The summed E-state index contributed by atoms with van der Waals surface area (Å²) in [5.74, 6) is 0. The second-order valence-corrected chi connectivity index (χ2v) is 14.2. The van der Waals surface area contributed by atoms with Crippen molar-refractivity contribution in [2.45, 2.75) is 258 Å². The highest BCUT2D eigenvalue weighted by molar-refractivity contribution is 5.85. The summed E-state index contributed by atoms with van der Waals surface area (Å²) in [6.45, 7) is 9.44. The number of hydrogen-bond donors (Lipinski definition) is 1. The Bertz CT molecular complexity index is 413. The van der Waals surface area contributed by atoms with Gasteiger partial charge in [0.25, 0.3) is 0 Å². The molecule has 0 radical (unpaired) electrons. The Morgan fingerprint density at radius 3 is 0.643 bits per heavy atom. The van der Waals surface area contributed by atoms with Crippen molar-refractivity contribution < 1.29 is 0 Å². The fourth-order valence-electron chi connectivity index (χ4n) is 6.65. The second kappa shape index (κ2) is 39.3. The molecule has 0 aromatic rings. The lowest BCUT2D eigenvalue weighted by atomic mass is 10.0. The average Bonchev–Trinajstić information content (AvgIpc) is 2.96. The number of unbranched alkanes of at least 4 members (excludes halogenated alkanes) is 30. The highest BCUT2D eigenvalue weighted by atomic mass is 35.5. The highest BCUT2D eigenvalue weighted by Crippen LogP contribution is 2.16. The fourth-order valence-corrected chi connectivity index (χ4v) is 6.65. The quantitative estimate of drug-likeness (QED) is 0.0693. The van der Waals surface area contributed by atoms with E-state index in [1.54, 1.807) is 0 Å². The van der Waals surface area contributed by atoms with Gasteiger partial charge in [-0.3, -0.25) is 0 Å². The van der Waals surface area contributed by atoms with E-state index in [2.05, 4.69) is 33.0 Å². The summed E-state index contributed by atoms with van der Waals surface area (Å²) in [5.41, 5.74) is 0. The molecule has 2 atom stereocenters. The first kappa shape index (κ1) is 44.4. The van der Waals surface area contributed by atoms with Crippen LogP contribution < -0.4 is 5.32 Å². The molecule has 0 aliphatic rings. The predicted molar refractivity (Wildman–Crippen MR) is 198 cm³/mol. The Kier molecular flexibility index (Phi) is 41.5. The van der Waals surface area contributed by atoms with E-state index in [0.29, 0.717) is 12.1 Å². The Morgan fingerprint density at radius 1 is 0.286 bits per heavy atom. The van der Waals surface area contributed by atoms with Crippen LogP contribution in [0.25, 0.3) is 0 Å². The van der Waals surface area contributed by atoms with E-state index in [4.69, 9.17) is 0 Å². The zero-order valence-corrected chi connectivity index (χ0v) is 30.9. The van der Waals surface area contributed by atoms with Gasteiger partial charge in [0, 0.05) is 12.1 Å². The van der Waals surface area contributed by atoms with Gasteiger partial charge in [-0.15, -0.1) is 12.4 Å². The summed E-state index contributed by atoms with van der Waals surface area (Å²) >= 11 is 0. The van der Waals surface area contributed by atoms with Gasteiger partial charge in [0.1, 0.15) is 0 Å². The van der Waals surface area contributed by atoms with Crippen LogP contribution in [0.3, 0.4) is 0 Å². The molecule has 256 valence electrons. The van der Waals surface area contributed by atoms with Gasteiger partial charge in [0.2, 0.25) is 0 Å². The molecule has 0 saturated heterocycles. The molecule has 0 amide bonds. The van der Waals surface area contributed by atoms with E-state index >= 15 is 0 Å². The summed E-state index contributed by atoms with van der Waals surface area (Å²) in [6.07, 6.45) is 49.5. The highest BCUT2D eigenvalue weighted by Gasteiger charge is 2.07. The van der Waals surface area contributed by atoms with Gasteiger partial charge >= 0.3 is 0 Å². The van der Waals surface area contributed by atoms with Crippen LogP contribution in [0.5, 0.6) is 0 Å². The molecule has 0 aromatic carbocycles. The number of halogens is 1. The molecule has 0 rings (SSSR count). The number of nitrogens with one attached hydrogen (secondary N) is 1. The van der Waals surface area contributed by atoms with E-state index in [-0.39, 0.29) is 12.4 Å². The van der Waals surface area contributed by atoms with Gasteiger partial charge in [0.05, 0.1) is 0 Å². The topological polar surface area (TPSA) is 12.0 Å². The standard InChI is InChI=1S/C40H83N.ClH/c1-5-7-9-11-13-15-17-19-21-23-25-27-29-31-33-35-37-39(3)41-40(4)38-36-34-32-30-28-26-24-22-20-18-16-14-12-10-8-6-2;/h39-41H,5-38H2,1-4H3;1H. The molecule has 1 nitrogen and oxygen atoms in total. The molecule has 0 fully saturated rings. The molecule has 0 saturated carbocycles. The van der Waals surface area contributed by atoms with E-state index in [0.717, 1.165) is 0 Å². The molecule has 1 N–H and O–H groups in total. The van der Waals surface area contributed by atoms with Crippen molar-refractivity contribution in [2.75, 3.05) is 0 Å². The summed E-state index contributed by atoms with van der Waals surface area (Å²) < 4.78 is 0. The third kappa shape index (κ3) is 38.3. The van der Waals surface area contributed by atoms with E-state index in [9.17, 15) is 0 Å². The Hall–Kier alpha value is 0.250. The SMILES string of the molecule is CCCCCCCCCCCCCCCCCCC(C)NC(C)CCCCCCCCCCCCCCCCCC.Cl. The smallest absolute Gasteiger partial charge is 0.00412 e. The molecule has 0 aliphatic heterocycles. The van der Waals surface area contributed by atoms with Crippen LogP contribution >= 0.6 is 12.4 Å². The molecule has 0 aromatic heterocycles. The van der Waals surface area contributed by atoms with Gasteiger partial charge in [-0.2, -0.15) is 0 Å². The monoisotopic (exact) mass is 614 g/mol. The van der Waals surface area contributed by atoms with Crippen molar-refractivity contribution in [1.29, 1.82) is 0 Å². The molecular weight excluding hydrogens is 530 g/mol. The van der Waals surface area contributed by atoms with E-state index < -0.39 is 0 Å². The van der Waals surface area contributed by atoms with E-state index in [1.165, 1.54) is 218 Å². The minimum atomic E-state index is 0. The fraction of sp³-hybridized carbons (Fsp3) is 1.00. The maximum Gasteiger partial charge on any atom is 0.00412 e. The van der Waals surface area contributed by atoms with Gasteiger partial charge in [-0.1, -0.05) is 219 Å². The lowest BCUT2D eigenvalue weighted by Crippen LogP contribution is -2.34. The van der Waals surface area contributed by atoms with Crippen LogP contribution in [0.15, 0.2) is 0 Å². The van der Waals surface area contributed by atoms with Crippen molar-refractivity contribution in [3.63, 3.8) is 0 Å². The molecule has 0 aliphatic carbocycles. The van der Waals surface area contributed by atoms with Crippen molar-refractivity contribution in [2.24, 2.45) is 0 Å². The third-order valence-corrected chi connectivity index (χ3v) is 9.55. The summed E-state index contributed by atoms with van der Waals surface area (Å²) in [5, 5.41) is 3.88. The van der Waals surface area contributed by atoms with E-state index in [1.807, 2.05) is 0 Å². The molecule has 0 bridgehead atoms. The van der Waals surface area contributed by atoms with Crippen LogP contribution in [0.1, 0.15) is 246 Å². The summed E-state index contributed by atoms with van der Waals surface area (Å²) in [4.78, 5) is 0. The number of rotatable bonds is 36. The molecule has 2 unspecified atom stereocenters. The first-order valence-corrected chi connectivity index (χ1v) is 20.0. The molecule has 0 spiro atoms. The van der Waals surface area contributed by atoms with Gasteiger partial charge in [0.15, 0.2) is 0 Å². The Labute approximate surface area is 275 Å². The van der Waals surface area contributed by atoms with Crippen molar-refractivity contribution in [3.8, 4) is 0 Å². The maximum absolute atomic E-state index is 3.88. The van der Waals surface area contributed by atoms with Gasteiger partial charge in [-0.25, -0.2) is 0 Å². The summed E-state index contributed by atoms with van der Waals surface area (Å²) in [6, 6.07) is 1.38. The largest absolute Gasteiger partial charge is 0.312 e. The van der Waals surface area contributed by atoms with Crippen molar-refractivity contribution >= 4 is 12.4 Å². The molecule has 42 heavy (non-hydrogen) atoms. The maximum atomic E-state index is 3.88. The number of hydrogen-bond acceptors (Lipinski definition) is 1. The minimum absolute atomic E-state index is 0. The molecule has 2 heteroatoms. The Morgan fingerprint density at radius 2 is 0.452 bits per heavy atom. The molecular formula is C40H84ClN. The first-order chi connectivity index (χ1) is 20.2. The second-order valence-electron chi connectivity index (χ2n) is 14.2. The van der Waals surface area contributed by atoms with Crippen LogP contribution in [-0.4, -0.2) is 12.1 Å². The van der Waals surface area contributed by atoms with Gasteiger partial charge < -0.3 is 5.32 Å². The third-order valence-electron chi connectivity index (χ3n) is 9.55. The van der Waals surface area contributed by atoms with Crippen LogP contribution in [0.4, 0.5) is 0 Å². The first-order valence-electron chi connectivity index (χ1n) is 20.0. The normalized spacial score (nSPS) is 12.9. The van der Waals surface area contributed by atoms with Gasteiger partial charge in [-0.05, 0) is 26.7 Å². The zero-order chi connectivity index (χ0) is 29.9. The van der Waals surface area contributed by atoms with Crippen LogP contribution in [0, 0.1) is 0 Å². The predicted octanol–water partition coefficient (Wildman–Crippen LogP) is 15.1. The zero-order valence-electron chi connectivity index (χ0n) is 30.1. The average molecular weight is 615 g/mol. The van der Waals surface area contributed by atoms with Crippen molar-refractivity contribution in [1.82, 2.24) is 5.32 Å².